The number of rotatable bonds is 4. The fourth-order valence-corrected chi connectivity index (χ4v) is 3.47. The molecule has 0 unspecified atom stereocenters. The lowest BCUT2D eigenvalue weighted by atomic mass is 10.0. The highest BCUT2D eigenvalue weighted by molar-refractivity contribution is 5.95. The number of nitrogens with one attached hydrogen (secondary N) is 1. The lowest BCUT2D eigenvalue weighted by molar-refractivity contribution is 0.0639. The van der Waals surface area contributed by atoms with E-state index < -0.39 is 0 Å². The molecule has 7 nitrogen and oxygen atoms in total. The molecule has 0 radical (unpaired) electrons. The van der Waals surface area contributed by atoms with Gasteiger partial charge >= 0.3 is 0 Å². The molecular formula is C20H25N5O2. The smallest absolute Gasteiger partial charge is 0.133 e. The van der Waals surface area contributed by atoms with Crippen LogP contribution in [-0.4, -0.2) is 51.6 Å². The minimum Gasteiger partial charge on any atom is -0.490 e. The van der Waals surface area contributed by atoms with E-state index in [1.807, 2.05) is 32.0 Å². The van der Waals surface area contributed by atoms with Gasteiger partial charge in [-0.05, 0) is 39.8 Å². The molecule has 1 aliphatic rings. The van der Waals surface area contributed by atoms with Crippen molar-refractivity contribution in [1.29, 1.82) is 0 Å². The summed E-state index contributed by atoms with van der Waals surface area (Å²) in [7, 11) is 0. The molecule has 4 heterocycles. The highest BCUT2D eigenvalue weighted by atomic mass is 16.5. The molecule has 7 heteroatoms. The molecule has 4 rings (SSSR count). The van der Waals surface area contributed by atoms with Crippen LogP contribution in [-0.2, 0) is 4.74 Å². The van der Waals surface area contributed by atoms with Gasteiger partial charge < -0.3 is 14.4 Å². The number of pyridine rings is 2. The lowest BCUT2D eigenvalue weighted by Crippen LogP contribution is -2.53. The highest BCUT2D eigenvalue weighted by Gasteiger charge is 2.32. The Balaban J connectivity index is 1.93. The van der Waals surface area contributed by atoms with Gasteiger partial charge in [0.1, 0.15) is 22.8 Å². The van der Waals surface area contributed by atoms with Gasteiger partial charge in [0.05, 0.1) is 30.6 Å². The van der Waals surface area contributed by atoms with Crippen LogP contribution >= 0.6 is 0 Å². The molecule has 1 N–H and O–H groups in total. The number of nitrogens with zero attached hydrogens (tertiary/aromatic N) is 4. The Morgan fingerprint density at radius 1 is 1.26 bits per heavy atom. The van der Waals surface area contributed by atoms with Crippen molar-refractivity contribution < 1.29 is 9.47 Å². The van der Waals surface area contributed by atoms with Gasteiger partial charge in [-0.15, -0.1) is 0 Å². The van der Waals surface area contributed by atoms with E-state index in [0.717, 1.165) is 40.4 Å². The van der Waals surface area contributed by atoms with Gasteiger partial charge in [0, 0.05) is 30.4 Å². The molecule has 3 aromatic rings. The van der Waals surface area contributed by atoms with Crippen LogP contribution in [0.2, 0.25) is 0 Å². The number of aromatic nitrogens is 4. The summed E-state index contributed by atoms with van der Waals surface area (Å²) in [6.45, 7) is 10.5. The summed E-state index contributed by atoms with van der Waals surface area (Å²) >= 11 is 0. The Morgan fingerprint density at radius 2 is 2.11 bits per heavy atom. The number of hydrogen-bond acceptors (Lipinski definition) is 6. The third kappa shape index (κ3) is 3.35. The van der Waals surface area contributed by atoms with E-state index in [0.29, 0.717) is 13.2 Å². The van der Waals surface area contributed by atoms with Crippen LogP contribution in [0.5, 0.6) is 5.75 Å². The number of hydrogen-bond donors (Lipinski definition) is 1. The first kappa shape index (κ1) is 17.7. The summed E-state index contributed by atoms with van der Waals surface area (Å²) in [6, 6.07) is 5.89. The summed E-state index contributed by atoms with van der Waals surface area (Å²) in [6.07, 6.45) is 3.56. The van der Waals surface area contributed by atoms with Crippen LogP contribution in [0.15, 0.2) is 30.6 Å². The van der Waals surface area contributed by atoms with Crippen molar-refractivity contribution in [3.05, 3.63) is 30.6 Å². The maximum atomic E-state index is 6.15. The van der Waals surface area contributed by atoms with Crippen molar-refractivity contribution in [1.82, 2.24) is 20.2 Å². The molecule has 0 atom stereocenters. The number of morpholine rings is 1. The molecule has 27 heavy (non-hydrogen) atoms. The van der Waals surface area contributed by atoms with Crippen molar-refractivity contribution >= 4 is 16.7 Å². The third-order valence-electron chi connectivity index (χ3n) is 4.72. The van der Waals surface area contributed by atoms with Crippen LogP contribution in [0.3, 0.4) is 0 Å². The maximum absolute atomic E-state index is 6.15. The van der Waals surface area contributed by atoms with E-state index in [1.54, 1.807) is 12.4 Å². The first-order chi connectivity index (χ1) is 13.0. The monoisotopic (exact) mass is 367 g/mol. The highest BCUT2D eigenvalue weighted by Crippen LogP contribution is 2.36. The molecule has 0 bridgehead atoms. The molecule has 1 aliphatic heterocycles. The minimum absolute atomic E-state index is 0.0601. The molecule has 0 saturated carbocycles. The molecule has 0 aliphatic carbocycles. The fourth-order valence-electron chi connectivity index (χ4n) is 3.47. The van der Waals surface area contributed by atoms with E-state index in [-0.39, 0.29) is 11.6 Å². The van der Waals surface area contributed by atoms with E-state index in [4.69, 9.17) is 14.5 Å². The number of fused-ring (bicyclic) bond motifs is 1. The van der Waals surface area contributed by atoms with Gasteiger partial charge in [0.15, 0.2) is 0 Å². The van der Waals surface area contributed by atoms with E-state index in [9.17, 15) is 0 Å². The standard InChI is InChI=1S/C20H25N5O2/c1-13(2)27-16-11-17(25-9-10-26-12-20(25,3)4)23-18-14(16)5-7-21-19(18)15-6-8-22-24-15/h5-8,11,13H,9-10,12H2,1-4H3,(H,22,24). The number of ether oxygens (including phenoxy) is 2. The molecular weight excluding hydrogens is 342 g/mol. The fraction of sp³-hybridized carbons (Fsp3) is 0.450. The first-order valence-corrected chi connectivity index (χ1v) is 9.27. The van der Waals surface area contributed by atoms with Crippen molar-refractivity contribution in [3.63, 3.8) is 0 Å². The summed E-state index contributed by atoms with van der Waals surface area (Å²) in [4.78, 5) is 11.8. The third-order valence-corrected chi connectivity index (χ3v) is 4.72. The zero-order valence-electron chi connectivity index (χ0n) is 16.2. The first-order valence-electron chi connectivity index (χ1n) is 9.27. The molecule has 1 saturated heterocycles. The predicted octanol–water partition coefficient (Wildman–Crippen LogP) is 3.42. The normalized spacial score (nSPS) is 16.9. The van der Waals surface area contributed by atoms with Crippen LogP contribution < -0.4 is 9.64 Å². The Morgan fingerprint density at radius 3 is 2.81 bits per heavy atom. The van der Waals surface area contributed by atoms with Crippen molar-refractivity contribution in [2.45, 2.75) is 39.3 Å². The van der Waals surface area contributed by atoms with Gasteiger partial charge in [-0.3, -0.25) is 10.1 Å². The van der Waals surface area contributed by atoms with Gasteiger partial charge in [-0.25, -0.2) is 4.98 Å². The van der Waals surface area contributed by atoms with Gasteiger partial charge in [0.2, 0.25) is 0 Å². The largest absolute Gasteiger partial charge is 0.490 e. The zero-order valence-corrected chi connectivity index (χ0v) is 16.2. The Labute approximate surface area is 158 Å². The summed E-state index contributed by atoms with van der Waals surface area (Å²) in [5.74, 6) is 1.69. The second-order valence-corrected chi connectivity index (χ2v) is 7.69. The SMILES string of the molecule is CC(C)Oc1cc(N2CCOCC2(C)C)nc2c(-c3ccn[nH]3)nccc12. The number of aromatic amines is 1. The van der Waals surface area contributed by atoms with Crippen LogP contribution in [0.4, 0.5) is 5.82 Å². The minimum atomic E-state index is -0.148. The van der Waals surface area contributed by atoms with E-state index in [2.05, 4.69) is 33.9 Å². The Hall–Kier alpha value is -2.67. The number of H-pyrrole nitrogens is 1. The molecule has 0 amide bonds. The average Bonchev–Trinajstić information content (AvgIpc) is 3.14. The van der Waals surface area contributed by atoms with E-state index in [1.165, 1.54) is 0 Å². The Bertz CT molecular complexity index is 937. The van der Waals surface area contributed by atoms with Crippen molar-refractivity contribution in [3.8, 4) is 17.1 Å². The topological polar surface area (TPSA) is 76.2 Å². The van der Waals surface area contributed by atoms with E-state index >= 15 is 0 Å². The molecule has 1 fully saturated rings. The van der Waals surface area contributed by atoms with Crippen LogP contribution in [0, 0.1) is 0 Å². The van der Waals surface area contributed by atoms with Crippen LogP contribution in [0.1, 0.15) is 27.7 Å². The summed E-state index contributed by atoms with van der Waals surface area (Å²) < 4.78 is 11.8. The number of anilines is 1. The van der Waals surface area contributed by atoms with Crippen molar-refractivity contribution in [2.75, 3.05) is 24.7 Å². The second-order valence-electron chi connectivity index (χ2n) is 7.69. The average molecular weight is 367 g/mol. The van der Waals surface area contributed by atoms with Gasteiger partial charge in [0.25, 0.3) is 0 Å². The molecule has 3 aromatic heterocycles. The molecule has 0 spiro atoms. The summed E-state index contributed by atoms with van der Waals surface area (Å²) in [5, 5.41) is 8.00. The summed E-state index contributed by atoms with van der Waals surface area (Å²) in [5.41, 5.74) is 2.26. The quantitative estimate of drug-likeness (QED) is 0.761. The molecule has 142 valence electrons. The Kier molecular flexibility index (Phi) is 4.47. The zero-order chi connectivity index (χ0) is 19.0. The van der Waals surface area contributed by atoms with Crippen LogP contribution in [0.25, 0.3) is 22.3 Å². The van der Waals surface area contributed by atoms with Gasteiger partial charge in [-0.2, -0.15) is 5.10 Å². The lowest BCUT2D eigenvalue weighted by Gasteiger charge is -2.43. The predicted molar refractivity (Wildman–Crippen MR) is 105 cm³/mol. The van der Waals surface area contributed by atoms with Gasteiger partial charge in [-0.1, -0.05) is 0 Å². The maximum Gasteiger partial charge on any atom is 0.133 e. The second kappa shape index (κ2) is 6.81. The molecule has 0 aromatic carbocycles. The van der Waals surface area contributed by atoms with Crippen molar-refractivity contribution in [2.24, 2.45) is 0 Å².